The van der Waals surface area contributed by atoms with Crippen LogP contribution in [-0.2, 0) is 16.6 Å². The molecule has 1 aliphatic rings. The third-order valence-corrected chi connectivity index (χ3v) is 4.63. The molecule has 1 atom stereocenters. The Morgan fingerprint density at radius 2 is 2.15 bits per heavy atom. The summed E-state index contributed by atoms with van der Waals surface area (Å²) >= 11 is 0. The number of rotatable bonds is 6. The van der Waals surface area contributed by atoms with Gasteiger partial charge in [0.2, 0.25) is 11.8 Å². The number of nitrogens with one attached hydrogen (secondary N) is 1. The first-order valence-electron chi connectivity index (χ1n) is 8.77. The minimum absolute atomic E-state index is 0.0391. The van der Waals surface area contributed by atoms with Crippen LogP contribution in [0.3, 0.4) is 0 Å². The minimum Gasteiger partial charge on any atom is -0.496 e. The van der Waals surface area contributed by atoms with Gasteiger partial charge in [0.25, 0.3) is 0 Å². The van der Waals surface area contributed by atoms with Crippen molar-refractivity contribution in [2.75, 3.05) is 20.2 Å². The number of ether oxygens (including phenoxy) is 1. The highest BCUT2D eigenvalue weighted by Gasteiger charge is 2.26. The molecule has 1 aromatic heterocycles. The van der Waals surface area contributed by atoms with E-state index in [4.69, 9.17) is 4.74 Å². The number of piperidine rings is 1. The van der Waals surface area contributed by atoms with Gasteiger partial charge in [-0.05, 0) is 18.9 Å². The molecule has 1 N–H and O–H groups in total. The van der Waals surface area contributed by atoms with E-state index >= 15 is 0 Å². The number of amides is 2. The summed E-state index contributed by atoms with van der Waals surface area (Å²) in [6.45, 7) is 0.697. The van der Waals surface area contributed by atoms with E-state index in [-0.39, 0.29) is 18.4 Å². The van der Waals surface area contributed by atoms with Crippen LogP contribution in [0.1, 0.15) is 36.7 Å². The zero-order chi connectivity index (χ0) is 18.5. The van der Waals surface area contributed by atoms with Crippen molar-refractivity contribution in [2.45, 2.75) is 25.3 Å². The van der Waals surface area contributed by atoms with Gasteiger partial charge in [-0.1, -0.05) is 18.2 Å². The summed E-state index contributed by atoms with van der Waals surface area (Å²) in [6, 6.07) is 7.08. The molecule has 1 aromatic carbocycles. The number of benzene rings is 1. The van der Waals surface area contributed by atoms with Gasteiger partial charge >= 0.3 is 0 Å². The van der Waals surface area contributed by atoms with Crippen molar-refractivity contribution in [3.63, 3.8) is 0 Å². The number of nitrogens with zero attached hydrogens (tertiary/aromatic N) is 3. The molecule has 0 radical (unpaired) electrons. The largest absolute Gasteiger partial charge is 0.496 e. The quantitative estimate of drug-likeness (QED) is 0.854. The van der Waals surface area contributed by atoms with Gasteiger partial charge in [0, 0.05) is 38.0 Å². The topological polar surface area (TPSA) is 76.5 Å². The Kier molecular flexibility index (Phi) is 5.55. The van der Waals surface area contributed by atoms with Crippen molar-refractivity contribution < 1.29 is 14.3 Å². The number of carbonyl (C=O) groups is 2. The third-order valence-electron chi connectivity index (χ3n) is 4.63. The summed E-state index contributed by atoms with van der Waals surface area (Å²) in [6.07, 6.45) is 5.88. The Balaban J connectivity index is 1.83. The molecule has 138 valence electrons. The van der Waals surface area contributed by atoms with Gasteiger partial charge in [-0.25, -0.2) is 4.98 Å². The lowest BCUT2D eigenvalue weighted by Crippen LogP contribution is -2.44. The summed E-state index contributed by atoms with van der Waals surface area (Å²) in [7, 11) is 3.48. The number of hydrogen-bond donors (Lipinski definition) is 1. The fourth-order valence-electron chi connectivity index (χ4n) is 3.25. The maximum atomic E-state index is 12.7. The van der Waals surface area contributed by atoms with Crippen LogP contribution in [0.5, 0.6) is 5.75 Å². The molecule has 26 heavy (non-hydrogen) atoms. The van der Waals surface area contributed by atoms with E-state index in [0.29, 0.717) is 24.5 Å². The number of methoxy groups -OCH3 is 1. The van der Waals surface area contributed by atoms with E-state index in [9.17, 15) is 9.59 Å². The number of carbonyl (C=O) groups excluding carboxylic acids is 2. The number of likely N-dealkylation sites (tertiary alicyclic amines) is 1. The second kappa shape index (κ2) is 8.03. The lowest BCUT2D eigenvalue weighted by molar-refractivity contribution is -0.138. The molecule has 3 rings (SSSR count). The average molecular weight is 356 g/mol. The van der Waals surface area contributed by atoms with Crippen LogP contribution in [0.4, 0.5) is 0 Å². The van der Waals surface area contributed by atoms with Gasteiger partial charge in [-0.3, -0.25) is 9.59 Å². The van der Waals surface area contributed by atoms with Gasteiger partial charge < -0.3 is 19.5 Å². The van der Waals surface area contributed by atoms with Crippen LogP contribution in [0, 0.1) is 0 Å². The predicted octanol–water partition coefficient (Wildman–Crippen LogP) is 1.65. The fraction of sp³-hybridized carbons (Fsp3) is 0.421. The first-order chi connectivity index (χ1) is 12.6. The Labute approximate surface area is 153 Å². The molecule has 1 fully saturated rings. The van der Waals surface area contributed by atoms with E-state index in [1.54, 1.807) is 18.2 Å². The maximum absolute atomic E-state index is 12.7. The Morgan fingerprint density at radius 3 is 2.85 bits per heavy atom. The standard InChI is InChI=1S/C19H24N4O3/c1-22-12-10-20-19(22)18(14-7-3-4-8-15(14)26-2)21-16(24)13-23-11-6-5-9-17(23)25/h3-4,7-8,10,12,18H,5-6,9,11,13H2,1-2H3,(H,21,24). The third kappa shape index (κ3) is 3.87. The van der Waals surface area contributed by atoms with Gasteiger partial charge in [-0.2, -0.15) is 0 Å². The summed E-state index contributed by atoms with van der Waals surface area (Å²) < 4.78 is 7.32. The van der Waals surface area contributed by atoms with E-state index in [1.165, 1.54) is 0 Å². The first kappa shape index (κ1) is 18.0. The summed E-state index contributed by atoms with van der Waals surface area (Å²) in [4.78, 5) is 30.7. The van der Waals surface area contributed by atoms with Crippen molar-refractivity contribution in [3.05, 3.63) is 48.0 Å². The smallest absolute Gasteiger partial charge is 0.240 e. The second-order valence-electron chi connectivity index (χ2n) is 6.41. The van der Waals surface area contributed by atoms with Crippen LogP contribution in [-0.4, -0.2) is 46.5 Å². The number of para-hydroxylation sites is 1. The van der Waals surface area contributed by atoms with Crippen LogP contribution >= 0.6 is 0 Å². The molecule has 1 aliphatic heterocycles. The predicted molar refractivity (Wildman–Crippen MR) is 96.6 cm³/mol. The molecule has 0 aliphatic carbocycles. The van der Waals surface area contributed by atoms with Crippen LogP contribution < -0.4 is 10.1 Å². The second-order valence-corrected chi connectivity index (χ2v) is 6.41. The normalized spacial score (nSPS) is 15.6. The molecule has 2 aromatic rings. The van der Waals surface area contributed by atoms with Crippen molar-refractivity contribution in [1.82, 2.24) is 19.8 Å². The van der Waals surface area contributed by atoms with Crippen molar-refractivity contribution in [2.24, 2.45) is 7.05 Å². The zero-order valence-electron chi connectivity index (χ0n) is 15.1. The highest BCUT2D eigenvalue weighted by atomic mass is 16.5. The number of imidazole rings is 1. The highest BCUT2D eigenvalue weighted by Crippen LogP contribution is 2.29. The molecular weight excluding hydrogens is 332 g/mol. The molecule has 2 amide bonds. The SMILES string of the molecule is COc1ccccc1C(NC(=O)CN1CCCCC1=O)c1nccn1C. The number of aromatic nitrogens is 2. The van der Waals surface area contributed by atoms with Crippen LogP contribution in [0.15, 0.2) is 36.7 Å². The Hall–Kier alpha value is -2.83. The minimum atomic E-state index is -0.460. The van der Waals surface area contributed by atoms with Crippen LogP contribution in [0.25, 0.3) is 0 Å². The number of aryl methyl sites for hydroxylation is 1. The van der Waals surface area contributed by atoms with E-state index < -0.39 is 6.04 Å². The van der Waals surface area contributed by atoms with Gasteiger partial charge in [0.05, 0.1) is 13.7 Å². The molecule has 1 saturated heterocycles. The highest BCUT2D eigenvalue weighted by molar-refractivity contribution is 5.85. The van der Waals surface area contributed by atoms with Gasteiger partial charge in [0.15, 0.2) is 0 Å². The van der Waals surface area contributed by atoms with Gasteiger partial charge in [0.1, 0.15) is 17.6 Å². The molecule has 7 nitrogen and oxygen atoms in total. The van der Waals surface area contributed by atoms with Crippen molar-refractivity contribution in [1.29, 1.82) is 0 Å². The zero-order valence-corrected chi connectivity index (χ0v) is 15.1. The maximum Gasteiger partial charge on any atom is 0.240 e. The fourth-order valence-corrected chi connectivity index (χ4v) is 3.25. The van der Waals surface area contributed by atoms with Crippen molar-refractivity contribution >= 4 is 11.8 Å². The van der Waals surface area contributed by atoms with Gasteiger partial charge in [-0.15, -0.1) is 0 Å². The monoisotopic (exact) mass is 356 g/mol. The molecule has 0 saturated carbocycles. The molecule has 1 unspecified atom stereocenters. The first-order valence-corrected chi connectivity index (χ1v) is 8.77. The summed E-state index contributed by atoms with van der Waals surface area (Å²) in [5, 5.41) is 3.02. The molecular formula is C19H24N4O3. The van der Waals surface area contributed by atoms with E-state index in [1.807, 2.05) is 42.1 Å². The number of hydrogen-bond acceptors (Lipinski definition) is 4. The Morgan fingerprint density at radius 1 is 1.35 bits per heavy atom. The van der Waals surface area contributed by atoms with Crippen LogP contribution in [0.2, 0.25) is 0 Å². The molecule has 0 spiro atoms. The van der Waals surface area contributed by atoms with E-state index in [2.05, 4.69) is 10.3 Å². The summed E-state index contributed by atoms with van der Waals surface area (Å²) in [5.41, 5.74) is 0.822. The lowest BCUT2D eigenvalue weighted by atomic mass is 10.0. The van der Waals surface area contributed by atoms with E-state index in [0.717, 1.165) is 18.4 Å². The Bertz CT molecular complexity index is 787. The summed E-state index contributed by atoms with van der Waals surface area (Å²) in [5.74, 6) is 1.21. The molecule has 7 heteroatoms. The molecule has 2 heterocycles. The lowest BCUT2D eigenvalue weighted by Gasteiger charge is -2.27. The van der Waals surface area contributed by atoms with Crippen molar-refractivity contribution in [3.8, 4) is 5.75 Å². The molecule has 0 bridgehead atoms. The average Bonchev–Trinajstić information content (AvgIpc) is 3.07.